The second-order valence-corrected chi connectivity index (χ2v) is 6.98. The van der Waals surface area contributed by atoms with Gasteiger partial charge in [0.1, 0.15) is 17.5 Å². The van der Waals surface area contributed by atoms with Crippen molar-refractivity contribution in [1.29, 1.82) is 5.26 Å². The molecule has 0 bridgehead atoms. The topological polar surface area (TPSA) is 62.7 Å². The van der Waals surface area contributed by atoms with Crippen LogP contribution in [0.4, 0.5) is 5.82 Å². The Morgan fingerprint density at radius 2 is 1.71 bits per heavy atom. The molecule has 1 aromatic carbocycles. The van der Waals surface area contributed by atoms with Gasteiger partial charge < -0.3 is 5.73 Å². The van der Waals surface area contributed by atoms with Gasteiger partial charge in [0, 0.05) is 11.3 Å². The highest BCUT2D eigenvalue weighted by molar-refractivity contribution is 5.79. The molecule has 0 spiro atoms. The Labute approximate surface area is 144 Å². The fourth-order valence-electron chi connectivity index (χ4n) is 3.58. The monoisotopic (exact) mass is 319 g/mol. The van der Waals surface area contributed by atoms with Crippen LogP contribution in [-0.4, -0.2) is 4.98 Å². The molecule has 1 heterocycles. The predicted molar refractivity (Wildman–Crippen MR) is 98.8 cm³/mol. The number of hydrogen-bond donors (Lipinski definition) is 1. The Balaban J connectivity index is 2.19. The van der Waals surface area contributed by atoms with Crippen molar-refractivity contribution in [2.75, 3.05) is 5.73 Å². The normalized spacial score (nSPS) is 14.6. The van der Waals surface area contributed by atoms with Crippen molar-refractivity contribution in [2.24, 2.45) is 0 Å². The summed E-state index contributed by atoms with van der Waals surface area (Å²) in [4.78, 5) is 4.57. The van der Waals surface area contributed by atoms with Crippen molar-refractivity contribution < 1.29 is 0 Å². The number of nitrogens with two attached hydrogens (primary N) is 1. The smallest absolute Gasteiger partial charge is 0.142 e. The maximum atomic E-state index is 9.66. The number of nitrogens with zero attached hydrogens (tertiary/aromatic N) is 2. The van der Waals surface area contributed by atoms with Crippen LogP contribution in [-0.2, 0) is 12.8 Å². The minimum absolute atomic E-state index is 0.375. The molecule has 1 aliphatic rings. The van der Waals surface area contributed by atoms with Gasteiger partial charge in [-0.25, -0.2) is 4.98 Å². The number of aromatic nitrogens is 1. The summed E-state index contributed by atoms with van der Waals surface area (Å²) < 4.78 is 0. The fourth-order valence-corrected chi connectivity index (χ4v) is 3.58. The Hall–Kier alpha value is -2.34. The van der Waals surface area contributed by atoms with Gasteiger partial charge in [0.2, 0.25) is 0 Å². The maximum absolute atomic E-state index is 9.66. The molecule has 0 amide bonds. The SMILES string of the molecule is CC(C)c1ccc(-c2c(C#N)c(N)nc3c2CCCCCC3)cc1. The molecule has 0 saturated carbocycles. The lowest BCUT2D eigenvalue weighted by Crippen LogP contribution is -2.10. The highest BCUT2D eigenvalue weighted by Crippen LogP contribution is 2.35. The molecule has 1 aliphatic carbocycles. The molecule has 24 heavy (non-hydrogen) atoms. The van der Waals surface area contributed by atoms with Crippen molar-refractivity contribution in [3.63, 3.8) is 0 Å². The number of rotatable bonds is 2. The Morgan fingerprint density at radius 3 is 2.33 bits per heavy atom. The standard InChI is InChI=1S/C21H25N3/c1-14(2)15-9-11-16(12-10-15)20-17-7-5-3-4-6-8-19(17)24-21(23)18(20)13-22/h9-12,14H,3-8H2,1-2H3,(H2,23,24). The van der Waals surface area contributed by atoms with Gasteiger partial charge in [-0.2, -0.15) is 5.26 Å². The third-order valence-electron chi connectivity index (χ3n) is 4.98. The van der Waals surface area contributed by atoms with Crippen LogP contribution in [0.1, 0.15) is 67.8 Å². The van der Waals surface area contributed by atoms with Crippen LogP contribution >= 0.6 is 0 Å². The average Bonchev–Trinajstić information content (AvgIpc) is 2.56. The summed E-state index contributed by atoms with van der Waals surface area (Å²) in [6.45, 7) is 4.38. The lowest BCUT2D eigenvalue weighted by atomic mass is 9.87. The van der Waals surface area contributed by atoms with E-state index in [1.165, 1.54) is 24.0 Å². The van der Waals surface area contributed by atoms with Crippen LogP contribution in [0.2, 0.25) is 0 Å². The number of anilines is 1. The van der Waals surface area contributed by atoms with Crippen LogP contribution < -0.4 is 5.73 Å². The number of benzene rings is 1. The van der Waals surface area contributed by atoms with Gasteiger partial charge in [0.05, 0.1) is 0 Å². The zero-order valence-electron chi connectivity index (χ0n) is 14.6. The van der Waals surface area contributed by atoms with Crippen LogP contribution in [0.15, 0.2) is 24.3 Å². The van der Waals surface area contributed by atoms with Crippen molar-refractivity contribution >= 4 is 5.82 Å². The van der Waals surface area contributed by atoms with Gasteiger partial charge in [-0.15, -0.1) is 0 Å². The van der Waals surface area contributed by atoms with Crippen molar-refractivity contribution in [2.45, 2.75) is 58.3 Å². The van der Waals surface area contributed by atoms with E-state index in [0.29, 0.717) is 17.3 Å². The number of nitrogen functional groups attached to an aromatic ring is 1. The third-order valence-corrected chi connectivity index (χ3v) is 4.98. The van der Waals surface area contributed by atoms with E-state index in [9.17, 15) is 5.26 Å². The van der Waals surface area contributed by atoms with Gasteiger partial charge in [0.25, 0.3) is 0 Å². The first-order chi connectivity index (χ1) is 11.6. The summed E-state index contributed by atoms with van der Waals surface area (Å²) in [5.74, 6) is 0.873. The van der Waals surface area contributed by atoms with Crippen LogP contribution in [0.25, 0.3) is 11.1 Å². The minimum atomic E-state index is 0.375. The lowest BCUT2D eigenvalue weighted by Gasteiger charge is -2.20. The first-order valence-corrected chi connectivity index (χ1v) is 8.93. The zero-order valence-corrected chi connectivity index (χ0v) is 14.6. The van der Waals surface area contributed by atoms with E-state index in [1.807, 2.05) is 0 Å². The molecule has 2 aromatic rings. The molecule has 0 unspecified atom stereocenters. The highest BCUT2D eigenvalue weighted by Gasteiger charge is 2.20. The highest BCUT2D eigenvalue weighted by atomic mass is 14.9. The summed E-state index contributed by atoms with van der Waals surface area (Å²) >= 11 is 0. The van der Waals surface area contributed by atoms with E-state index in [0.717, 1.165) is 42.5 Å². The van der Waals surface area contributed by atoms with E-state index in [2.05, 4.69) is 49.2 Å². The van der Waals surface area contributed by atoms with Crippen LogP contribution in [0.3, 0.4) is 0 Å². The van der Waals surface area contributed by atoms with Gasteiger partial charge >= 0.3 is 0 Å². The minimum Gasteiger partial charge on any atom is -0.383 e. The van der Waals surface area contributed by atoms with Gasteiger partial charge in [-0.3, -0.25) is 0 Å². The summed E-state index contributed by atoms with van der Waals surface area (Å²) in [5, 5.41) is 9.66. The lowest BCUT2D eigenvalue weighted by molar-refractivity contribution is 0.610. The molecule has 3 rings (SSSR count). The molecule has 124 valence electrons. The first-order valence-electron chi connectivity index (χ1n) is 8.93. The summed E-state index contributed by atoms with van der Waals surface area (Å²) in [5.41, 5.74) is 12.4. The molecular formula is C21H25N3. The van der Waals surface area contributed by atoms with Gasteiger partial charge in [-0.1, -0.05) is 51.0 Å². The van der Waals surface area contributed by atoms with E-state index in [1.54, 1.807) is 0 Å². The van der Waals surface area contributed by atoms with E-state index in [4.69, 9.17) is 5.73 Å². The molecule has 0 radical (unpaired) electrons. The molecule has 0 atom stereocenters. The first kappa shape index (κ1) is 16.5. The Morgan fingerprint density at radius 1 is 1.04 bits per heavy atom. The molecule has 3 nitrogen and oxygen atoms in total. The molecule has 0 aliphatic heterocycles. The van der Waals surface area contributed by atoms with Crippen LogP contribution in [0.5, 0.6) is 0 Å². The van der Waals surface area contributed by atoms with Gasteiger partial charge in [-0.05, 0) is 48.3 Å². The third kappa shape index (κ3) is 3.14. The number of hydrogen-bond acceptors (Lipinski definition) is 3. The zero-order chi connectivity index (χ0) is 17.1. The largest absolute Gasteiger partial charge is 0.383 e. The Bertz CT molecular complexity index is 767. The summed E-state index contributed by atoms with van der Waals surface area (Å²) in [7, 11) is 0. The summed E-state index contributed by atoms with van der Waals surface area (Å²) in [6, 6.07) is 10.9. The molecule has 1 aromatic heterocycles. The fraction of sp³-hybridized carbons (Fsp3) is 0.429. The predicted octanol–water partition coefficient (Wildman–Crippen LogP) is 4.98. The second kappa shape index (κ2) is 7.05. The average molecular weight is 319 g/mol. The molecular weight excluding hydrogens is 294 g/mol. The van der Waals surface area contributed by atoms with Crippen molar-refractivity contribution in [3.8, 4) is 17.2 Å². The maximum Gasteiger partial charge on any atom is 0.142 e. The summed E-state index contributed by atoms with van der Waals surface area (Å²) in [6.07, 6.45) is 6.75. The molecule has 2 N–H and O–H groups in total. The number of aryl methyl sites for hydroxylation is 1. The van der Waals surface area contributed by atoms with E-state index >= 15 is 0 Å². The van der Waals surface area contributed by atoms with Crippen molar-refractivity contribution in [1.82, 2.24) is 4.98 Å². The van der Waals surface area contributed by atoms with Crippen molar-refractivity contribution in [3.05, 3.63) is 46.6 Å². The van der Waals surface area contributed by atoms with Gasteiger partial charge in [0.15, 0.2) is 0 Å². The quantitative estimate of drug-likeness (QED) is 0.848. The second-order valence-electron chi connectivity index (χ2n) is 6.98. The Kier molecular flexibility index (Phi) is 4.85. The number of fused-ring (bicyclic) bond motifs is 1. The molecule has 0 fully saturated rings. The molecule has 3 heteroatoms. The number of pyridine rings is 1. The van der Waals surface area contributed by atoms with E-state index < -0.39 is 0 Å². The number of nitriles is 1. The molecule has 0 saturated heterocycles. The van der Waals surface area contributed by atoms with E-state index in [-0.39, 0.29) is 0 Å². The van der Waals surface area contributed by atoms with Crippen LogP contribution in [0, 0.1) is 11.3 Å².